The van der Waals surface area contributed by atoms with Crippen molar-refractivity contribution in [2.24, 2.45) is 10.9 Å². The molecule has 4 aromatic rings. The van der Waals surface area contributed by atoms with Gasteiger partial charge >= 0.3 is 0 Å². The number of hydrogen-bond acceptors (Lipinski definition) is 6. The molecule has 5 heterocycles. The van der Waals surface area contributed by atoms with Gasteiger partial charge in [-0.15, -0.1) is 0 Å². The number of allylic oxidation sites excluding steroid dienone is 1. The molecule has 44 heavy (non-hydrogen) atoms. The van der Waals surface area contributed by atoms with Crippen molar-refractivity contribution >= 4 is 44.1 Å². The van der Waals surface area contributed by atoms with E-state index in [0.717, 1.165) is 27.3 Å². The second kappa shape index (κ2) is 10.1. The van der Waals surface area contributed by atoms with Crippen LogP contribution in [0.2, 0.25) is 0 Å². The Morgan fingerprint density at radius 3 is 2.61 bits per heavy atom. The smallest absolute Gasteiger partial charge is 0.251 e. The molecular weight excluding hydrogens is 588 g/mol. The minimum absolute atomic E-state index is 0.116. The van der Waals surface area contributed by atoms with Crippen LogP contribution in [0.1, 0.15) is 23.2 Å². The molecule has 224 valence electrons. The molecule has 0 bridgehead atoms. The molecule has 2 aromatic heterocycles. The highest BCUT2D eigenvalue weighted by Crippen LogP contribution is 2.45. The lowest BCUT2D eigenvalue weighted by Gasteiger charge is -2.28. The number of fused-ring (bicyclic) bond motifs is 6. The maximum absolute atomic E-state index is 14.7. The number of carbonyl (C=O) groups excluding carboxylic acids is 1. The first-order valence-corrected chi connectivity index (χ1v) is 15.8. The van der Waals surface area contributed by atoms with Crippen LogP contribution in [0.15, 0.2) is 77.1 Å². The molecule has 0 spiro atoms. The first-order chi connectivity index (χ1) is 21.0. The molecule has 1 unspecified atom stereocenters. The van der Waals surface area contributed by atoms with E-state index in [-0.39, 0.29) is 29.7 Å². The van der Waals surface area contributed by atoms with Gasteiger partial charge < -0.3 is 14.6 Å². The first kappa shape index (κ1) is 28.0. The summed E-state index contributed by atoms with van der Waals surface area (Å²) >= 11 is 0. The van der Waals surface area contributed by atoms with Gasteiger partial charge in [0.25, 0.3) is 5.91 Å². The summed E-state index contributed by atoms with van der Waals surface area (Å²) in [6, 6.07) is 16.1. The summed E-state index contributed by atoms with van der Waals surface area (Å²) < 4.78 is 63.2. The number of pyridine rings is 1. The summed E-state index contributed by atoms with van der Waals surface area (Å²) in [6.07, 6.45) is 1.92. The number of aliphatic imine (C=N–C) groups is 1. The van der Waals surface area contributed by atoms with Crippen LogP contribution in [0.3, 0.4) is 0 Å². The van der Waals surface area contributed by atoms with Crippen LogP contribution in [-0.4, -0.2) is 54.4 Å². The highest BCUT2D eigenvalue weighted by Gasteiger charge is 2.43. The fourth-order valence-corrected chi connectivity index (χ4v) is 6.58. The van der Waals surface area contributed by atoms with Gasteiger partial charge in [-0.3, -0.25) is 9.10 Å². The van der Waals surface area contributed by atoms with Gasteiger partial charge in [0, 0.05) is 37.2 Å². The summed E-state index contributed by atoms with van der Waals surface area (Å²) in [4.78, 5) is 22.9. The number of hydrogen-bond donors (Lipinski definition) is 1. The van der Waals surface area contributed by atoms with Crippen LogP contribution in [-0.2, 0) is 32.5 Å². The Morgan fingerprint density at radius 1 is 1.11 bits per heavy atom. The van der Waals surface area contributed by atoms with Gasteiger partial charge in [-0.25, -0.2) is 22.2 Å². The third-order valence-corrected chi connectivity index (χ3v) is 9.56. The lowest BCUT2D eigenvalue weighted by atomic mass is 9.87. The van der Waals surface area contributed by atoms with E-state index in [2.05, 4.69) is 10.3 Å². The number of rotatable bonds is 5. The molecule has 0 fully saturated rings. The predicted molar refractivity (Wildman–Crippen MR) is 162 cm³/mol. The molecule has 1 N–H and O–H groups in total. The van der Waals surface area contributed by atoms with Crippen LogP contribution < -0.4 is 5.32 Å². The van der Waals surface area contributed by atoms with Crippen LogP contribution in [0.5, 0.6) is 0 Å². The van der Waals surface area contributed by atoms with Crippen molar-refractivity contribution in [3.05, 3.63) is 101 Å². The lowest BCUT2D eigenvalue weighted by molar-refractivity contribution is -0.117. The normalized spacial score (nSPS) is 17.6. The summed E-state index contributed by atoms with van der Waals surface area (Å²) in [5.41, 5.74) is 4.95. The highest BCUT2D eigenvalue weighted by molar-refractivity contribution is 7.88. The maximum Gasteiger partial charge on any atom is 0.251 e. The van der Waals surface area contributed by atoms with Gasteiger partial charge in [0.05, 0.1) is 40.3 Å². The molecule has 2 aromatic carbocycles. The summed E-state index contributed by atoms with van der Waals surface area (Å²) in [5, 5.41) is 3.16. The molecule has 0 saturated carbocycles. The van der Waals surface area contributed by atoms with Crippen LogP contribution in [0.4, 0.5) is 8.78 Å². The average Bonchev–Trinajstić information content (AvgIpc) is 3.59. The van der Waals surface area contributed by atoms with Gasteiger partial charge in [-0.2, -0.15) is 4.99 Å². The Bertz CT molecular complexity index is 2100. The Hall–Kier alpha value is -4.84. The standard InChI is InChI=1S/C32H27F2N5O4S/c1-35-31(40)27-22-15-21(30(38(2)44(3,41)42)37-32(22)43-29(27)18-7-10-19(33)11-8-18)24-12-9-17-13-14-39-25-6-4-5-23(34)20(25)16-26(39)28(17)36-24/h4-12,16,22H,13-15H2,1-3H3,(H,35,40). The fourth-order valence-electron chi connectivity index (χ4n) is 6.12. The minimum Gasteiger partial charge on any atom is -0.441 e. The number of amides is 1. The second-order valence-corrected chi connectivity index (χ2v) is 13.0. The van der Waals surface area contributed by atoms with E-state index in [9.17, 15) is 22.0 Å². The number of halogens is 2. The van der Waals surface area contributed by atoms with Crippen LogP contribution in [0, 0.1) is 17.6 Å². The van der Waals surface area contributed by atoms with Crippen molar-refractivity contribution in [2.75, 3.05) is 20.4 Å². The Morgan fingerprint density at radius 2 is 1.89 bits per heavy atom. The molecule has 0 radical (unpaired) electrons. The van der Waals surface area contributed by atoms with E-state index in [0.29, 0.717) is 46.4 Å². The Balaban J connectivity index is 1.39. The van der Waals surface area contributed by atoms with Gasteiger partial charge in [0.1, 0.15) is 17.4 Å². The van der Waals surface area contributed by atoms with Crippen molar-refractivity contribution in [3.63, 3.8) is 0 Å². The topological polar surface area (TPSA) is 106 Å². The summed E-state index contributed by atoms with van der Waals surface area (Å²) in [7, 11) is -0.858. The molecular formula is C32H27F2N5O4S. The second-order valence-electron chi connectivity index (χ2n) is 11.0. The molecule has 3 aliphatic rings. The number of benzene rings is 2. The largest absolute Gasteiger partial charge is 0.441 e. The molecule has 12 heteroatoms. The molecule has 9 nitrogen and oxygen atoms in total. The van der Waals surface area contributed by atoms with E-state index in [4.69, 9.17) is 9.72 Å². The van der Waals surface area contributed by atoms with Gasteiger partial charge in [-0.05, 0) is 66.9 Å². The van der Waals surface area contributed by atoms with Crippen molar-refractivity contribution in [1.82, 2.24) is 19.2 Å². The number of nitrogens with zero attached hydrogens (tertiary/aromatic N) is 4. The van der Waals surface area contributed by atoms with Gasteiger partial charge in [0.2, 0.25) is 15.9 Å². The molecule has 0 saturated heterocycles. The maximum atomic E-state index is 14.7. The van der Waals surface area contributed by atoms with Gasteiger partial charge in [-0.1, -0.05) is 12.1 Å². The average molecular weight is 616 g/mol. The van der Waals surface area contributed by atoms with Crippen molar-refractivity contribution in [1.29, 1.82) is 0 Å². The van der Waals surface area contributed by atoms with Crippen LogP contribution >= 0.6 is 0 Å². The van der Waals surface area contributed by atoms with Crippen LogP contribution in [0.25, 0.3) is 33.6 Å². The van der Waals surface area contributed by atoms with Crippen molar-refractivity contribution in [2.45, 2.75) is 19.4 Å². The zero-order valence-electron chi connectivity index (χ0n) is 24.1. The zero-order chi connectivity index (χ0) is 30.9. The number of ether oxygens (including phenoxy) is 1. The predicted octanol–water partition coefficient (Wildman–Crippen LogP) is 4.70. The summed E-state index contributed by atoms with van der Waals surface area (Å²) in [6.45, 7) is 0.667. The number of aryl methyl sites for hydroxylation is 2. The number of aromatic nitrogens is 2. The summed E-state index contributed by atoms with van der Waals surface area (Å²) in [5.74, 6) is -1.31. The minimum atomic E-state index is -3.76. The lowest BCUT2D eigenvalue weighted by Crippen LogP contribution is -2.32. The Labute approximate surface area is 252 Å². The zero-order valence-corrected chi connectivity index (χ0v) is 24.9. The highest BCUT2D eigenvalue weighted by atomic mass is 32.2. The number of carbonyl (C=O) groups is 1. The molecule has 1 amide bonds. The number of sulfonamides is 1. The van der Waals surface area contributed by atoms with Crippen molar-refractivity contribution < 1.29 is 26.7 Å². The van der Waals surface area contributed by atoms with Crippen molar-refractivity contribution in [3.8, 4) is 11.4 Å². The Kier molecular flexibility index (Phi) is 6.43. The first-order valence-electron chi connectivity index (χ1n) is 14.0. The third kappa shape index (κ3) is 4.39. The monoisotopic (exact) mass is 615 g/mol. The molecule has 3 aliphatic heterocycles. The number of likely N-dealkylation sites (N-methyl/N-ethyl adjacent to an activating group) is 1. The fraction of sp³-hybridized carbons (Fsp3) is 0.219. The molecule has 0 aliphatic carbocycles. The van der Waals surface area contributed by atoms with Gasteiger partial charge in [0.15, 0.2) is 5.82 Å². The van der Waals surface area contributed by atoms with E-state index < -0.39 is 27.7 Å². The number of nitrogens with one attached hydrogen (secondary N) is 1. The SMILES string of the molecule is CNC(=O)C1=C(c2ccc(F)cc2)OC2=NC(N(C)S(C)(=O)=O)=C(c3ccc4c(n3)-c3cc5c(F)cccc5n3CC4)CC21. The molecule has 7 rings (SSSR count). The van der Waals surface area contributed by atoms with E-state index in [1.165, 1.54) is 44.4 Å². The van der Waals surface area contributed by atoms with E-state index in [1.807, 2.05) is 22.8 Å². The quantitative estimate of drug-likeness (QED) is 0.350. The molecule has 1 atom stereocenters. The third-order valence-electron chi connectivity index (χ3n) is 8.39. The van der Waals surface area contributed by atoms with E-state index in [1.54, 1.807) is 12.1 Å². The van der Waals surface area contributed by atoms with E-state index >= 15 is 0 Å².